The molecule has 1 saturated heterocycles. The summed E-state index contributed by atoms with van der Waals surface area (Å²) >= 11 is 2.51. The number of fused-ring (bicyclic) bond motifs is 8. The van der Waals surface area contributed by atoms with E-state index in [-0.39, 0.29) is 11.2 Å². The lowest BCUT2D eigenvalue weighted by atomic mass is 9.50. The Hall–Kier alpha value is 0.320. The Morgan fingerprint density at radius 2 is 1.64 bits per heavy atom. The number of Topliss-reactive ketones (excluding diaryl/α,β-unsaturated/α-hetero) is 1. The second-order valence-corrected chi connectivity index (χ2v) is 12.4. The van der Waals surface area contributed by atoms with Gasteiger partial charge in [-0.05, 0) is 91.8 Å². The molecule has 0 bridgehead atoms. The van der Waals surface area contributed by atoms with Crippen molar-refractivity contribution in [1.82, 2.24) is 0 Å². The van der Waals surface area contributed by atoms with E-state index < -0.39 is 0 Å². The van der Waals surface area contributed by atoms with Crippen LogP contribution in [0.2, 0.25) is 0 Å². The summed E-state index contributed by atoms with van der Waals surface area (Å²) in [7, 11) is 0. The maximum atomic E-state index is 13.0. The second kappa shape index (κ2) is 5.97. The normalized spacial score (nSPS) is 57.6. The summed E-state index contributed by atoms with van der Waals surface area (Å²) in [6.45, 7) is 1.61. The Morgan fingerprint density at radius 1 is 0.893 bits per heavy atom. The van der Waals surface area contributed by atoms with E-state index in [1.165, 1.54) is 38.5 Å². The predicted molar refractivity (Wildman–Crippen MR) is 114 cm³/mol. The molecule has 10 atom stereocenters. The largest absolute Gasteiger partial charge is 0.348 e. The van der Waals surface area contributed by atoms with E-state index in [4.69, 9.17) is 9.47 Å². The lowest BCUT2D eigenvalue weighted by Crippen LogP contribution is -2.51. The fraction of sp³-hybridized carbons (Fsp3) is 0.958. The van der Waals surface area contributed by atoms with Gasteiger partial charge in [-0.2, -0.15) is 0 Å². The number of hydrogen-bond donors (Lipinski definition) is 0. The SMILES string of the molecule is O=C1CCC2C3CC4C5C6CC7(CC[C@H]6C(C3CC[C@]12CCI)[C@H]45)OCCO7. The van der Waals surface area contributed by atoms with Crippen molar-refractivity contribution in [2.45, 2.75) is 63.6 Å². The number of rotatable bonds is 2. The van der Waals surface area contributed by atoms with Gasteiger partial charge in [0, 0.05) is 29.1 Å². The van der Waals surface area contributed by atoms with E-state index >= 15 is 0 Å². The lowest BCUT2D eigenvalue weighted by molar-refractivity contribution is -0.201. The number of halogens is 1. The molecule has 0 aromatic carbocycles. The van der Waals surface area contributed by atoms with Crippen LogP contribution in [-0.2, 0) is 14.3 Å². The van der Waals surface area contributed by atoms with Crippen LogP contribution in [-0.4, -0.2) is 29.2 Å². The first-order valence-corrected chi connectivity index (χ1v) is 13.6. The van der Waals surface area contributed by atoms with Crippen LogP contribution in [0.1, 0.15) is 57.8 Å². The Morgan fingerprint density at radius 3 is 2.46 bits per heavy atom. The summed E-state index contributed by atoms with van der Waals surface area (Å²) in [5.74, 6) is 8.74. The van der Waals surface area contributed by atoms with Crippen LogP contribution in [0.25, 0.3) is 0 Å². The number of carbonyl (C=O) groups is 1. The molecule has 7 fully saturated rings. The first-order valence-electron chi connectivity index (χ1n) is 12.0. The van der Waals surface area contributed by atoms with E-state index in [0.29, 0.717) is 5.78 Å². The molecule has 1 heterocycles. The highest BCUT2D eigenvalue weighted by Gasteiger charge is 2.74. The summed E-state index contributed by atoms with van der Waals surface area (Å²) in [5.41, 5.74) is 0.0882. The van der Waals surface area contributed by atoms with Crippen molar-refractivity contribution in [3.63, 3.8) is 0 Å². The summed E-state index contributed by atoms with van der Waals surface area (Å²) < 4.78 is 13.4. The van der Waals surface area contributed by atoms with Gasteiger partial charge in [-0.3, -0.25) is 4.79 Å². The number of alkyl halides is 1. The van der Waals surface area contributed by atoms with Gasteiger partial charge in [-0.1, -0.05) is 22.6 Å². The molecular weight excluding hydrogens is 463 g/mol. The Labute approximate surface area is 182 Å². The first-order chi connectivity index (χ1) is 13.7. The van der Waals surface area contributed by atoms with Crippen LogP contribution in [0.4, 0.5) is 0 Å². The third kappa shape index (κ3) is 2.12. The van der Waals surface area contributed by atoms with Crippen LogP contribution >= 0.6 is 22.6 Å². The van der Waals surface area contributed by atoms with Crippen LogP contribution in [0.3, 0.4) is 0 Å². The van der Waals surface area contributed by atoms with E-state index in [1.807, 2.05) is 0 Å². The van der Waals surface area contributed by atoms with E-state index in [1.54, 1.807) is 0 Å². The number of ether oxygens (including phenoxy) is 2. The minimum Gasteiger partial charge on any atom is -0.348 e. The zero-order valence-corrected chi connectivity index (χ0v) is 18.9. The third-order valence-electron chi connectivity index (χ3n) is 11.0. The zero-order valence-electron chi connectivity index (χ0n) is 16.8. The van der Waals surface area contributed by atoms with Crippen molar-refractivity contribution >= 4 is 28.4 Å². The molecule has 28 heavy (non-hydrogen) atoms. The van der Waals surface area contributed by atoms with Gasteiger partial charge in [0.15, 0.2) is 5.79 Å². The standard InChI is InChI=1S/C24H33IO3/c25-8-7-23-5-3-13-15(18(23)1-2-19(23)26)11-16-21-17-12-24(27-9-10-28-24)6-4-14(17)20(13)22(16)21/h13-18,20-22H,1-12H2/t13?,14-,15?,16?,17?,18?,20?,21?,22+,23-/m1/s1. The minimum atomic E-state index is -0.202. The molecular formula is C24H33IO3. The van der Waals surface area contributed by atoms with Crippen molar-refractivity contribution in [2.75, 3.05) is 17.6 Å². The van der Waals surface area contributed by atoms with Crippen molar-refractivity contribution < 1.29 is 14.3 Å². The first kappa shape index (κ1) is 17.9. The molecule has 4 heteroatoms. The number of hydrogen-bond acceptors (Lipinski definition) is 3. The summed E-state index contributed by atoms with van der Waals surface area (Å²) in [5, 5.41) is 0. The fourth-order valence-electron chi connectivity index (χ4n) is 10.3. The summed E-state index contributed by atoms with van der Waals surface area (Å²) in [4.78, 5) is 13.0. The monoisotopic (exact) mass is 496 g/mol. The molecule has 0 aromatic rings. The Bertz CT molecular complexity index is 702. The molecule has 154 valence electrons. The van der Waals surface area contributed by atoms with Gasteiger partial charge in [0.05, 0.1) is 13.2 Å². The second-order valence-electron chi connectivity index (χ2n) is 11.3. The topological polar surface area (TPSA) is 35.5 Å². The molecule has 6 aliphatic carbocycles. The molecule has 1 spiro atoms. The predicted octanol–water partition coefficient (Wildman–Crippen LogP) is 4.86. The van der Waals surface area contributed by atoms with Crippen molar-refractivity contribution in [3.8, 4) is 0 Å². The van der Waals surface area contributed by atoms with E-state index in [2.05, 4.69) is 22.6 Å². The van der Waals surface area contributed by atoms with Crippen molar-refractivity contribution in [1.29, 1.82) is 0 Å². The Balaban J connectivity index is 1.18. The molecule has 1 aliphatic heterocycles. The van der Waals surface area contributed by atoms with Gasteiger partial charge in [0.25, 0.3) is 0 Å². The summed E-state index contributed by atoms with van der Waals surface area (Å²) in [6.07, 6.45) is 10.9. The summed E-state index contributed by atoms with van der Waals surface area (Å²) in [6, 6.07) is 0. The van der Waals surface area contributed by atoms with Gasteiger partial charge in [0.1, 0.15) is 5.78 Å². The molecule has 0 amide bonds. The third-order valence-corrected chi connectivity index (χ3v) is 11.6. The molecule has 6 saturated carbocycles. The van der Waals surface area contributed by atoms with E-state index in [9.17, 15) is 4.79 Å². The Kier molecular flexibility index (Phi) is 3.82. The highest BCUT2D eigenvalue weighted by Crippen LogP contribution is 2.78. The van der Waals surface area contributed by atoms with Gasteiger partial charge in [0.2, 0.25) is 0 Å². The minimum absolute atomic E-state index is 0.0882. The molecule has 0 aromatic heterocycles. The smallest absolute Gasteiger partial charge is 0.168 e. The molecule has 3 nitrogen and oxygen atoms in total. The molecule has 7 unspecified atom stereocenters. The van der Waals surface area contributed by atoms with Gasteiger partial charge in [-0.15, -0.1) is 0 Å². The molecule has 7 rings (SSSR count). The molecule has 0 radical (unpaired) electrons. The van der Waals surface area contributed by atoms with Crippen LogP contribution in [0, 0.1) is 58.7 Å². The average Bonchev–Trinajstić information content (AvgIpc) is 2.96. The van der Waals surface area contributed by atoms with Crippen molar-refractivity contribution in [2.24, 2.45) is 58.7 Å². The van der Waals surface area contributed by atoms with Gasteiger partial charge in [-0.25, -0.2) is 0 Å². The zero-order chi connectivity index (χ0) is 18.7. The lowest BCUT2D eigenvalue weighted by Gasteiger charge is -2.54. The molecule has 7 aliphatic rings. The maximum Gasteiger partial charge on any atom is 0.168 e. The maximum absolute atomic E-state index is 13.0. The number of ketones is 1. The fourth-order valence-corrected chi connectivity index (χ4v) is 11.3. The van der Waals surface area contributed by atoms with Crippen LogP contribution < -0.4 is 0 Å². The van der Waals surface area contributed by atoms with Crippen molar-refractivity contribution in [3.05, 3.63) is 0 Å². The van der Waals surface area contributed by atoms with Crippen LogP contribution in [0.5, 0.6) is 0 Å². The highest BCUT2D eigenvalue weighted by molar-refractivity contribution is 14.1. The molecule has 0 N–H and O–H groups in total. The van der Waals surface area contributed by atoms with Gasteiger partial charge >= 0.3 is 0 Å². The number of carbonyl (C=O) groups excluding carboxylic acids is 1. The van der Waals surface area contributed by atoms with Crippen LogP contribution in [0.15, 0.2) is 0 Å². The highest BCUT2D eigenvalue weighted by atomic mass is 127. The van der Waals surface area contributed by atoms with Gasteiger partial charge < -0.3 is 9.47 Å². The van der Waals surface area contributed by atoms with E-state index in [0.717, 1.165) is 90.2 Å². The quantitative estimate of drug-likeness (QED) is 0.405. The average molecular weight is 496 g/mol.